The summed E-state index contributed by atoms with van der Waals surface area (Å²) in [5.74, 6) is 0.126. The lowest BCUT2D eigenvalue weighted by atomic mass is 10.1. The van der Waals surface area contributed by atoms with Crippen molar-refractivity contribution in [3.63, 3.8) is 0 Å². The van der Waals surface area contributed by atoms with E-state index < -0.39 is 77.9 Å². The maximum Gasteiger partial charge on any atom is 0.472 e. The second-order valence-corrected chi connectivity index (χ2v) is 13.1. The first-order valence-electron chi connectivity index (χ1n) is 13.3. The van der Waals surface area contributed by atoms with E-state index in [1.807, 2.05) is 0 Å². The first kappa shape index (κ1) is 30.4. The molecule has 7 rings (SSSR count). The van der Waals surface area contributed by atoms with Crippen LogP contribution in [-0.4, -0.2) is 109 Å². The molecule has 45 heavy (non-hydrogen) atoms. The second-order valence-electron chi connectivity index (χ2n) is 10.3. The molecule has 242 valence electrons. The minimum atomic E-state index is -5.00. The first-order valence-corrected chi connectivity index (χ1v) is 16.3. The van der Waals surface area contributed by atoms with Gasteiger partial charge in [-0.1, -0.05) is 0 Å². The number of nitrogen functional groups attached to an aromatic ring is 2. The molecule has 0 bridgehead atoms. The number of hydrogen-bond acceptors (Lipinski definition) is 18. The molecule has 3 aliphatic rings. The van der Waals surface area contributed by atoms with Crippen molar-refractivity contribution >= 4 is 49.6 Å². The summed E-state index contributed by atoms with van der Waals surface area (Å²) in [6.07, 6.45) is -6.89. The van der Waals surface area contributed by atoms with Gasteiger partial charge in [-0.25, -0.2) is 39.0 Å². The zero-order chi connectivity index (χ0) is 31.7. The van der Waals surface area contributed by atoms with Crippen LogP contribution in [0.3, 0.4) is 0 Å². The molecule has 0 spiro atoms. The highest BCUT2D eigenvalue weighted by Crippen LogP contribution is 2.53. The smallest absolute Gasteiger partial charge is 0.386 e. The predicted molar refractivity (Wildman–Crippen MR) is 145 cm³/mol. The molecule has 24 heteroatoms. The van der Waals surface area contributed by atoms with Gasteiger partial charge in [0.25, 0.3) is 0 Å². The number of nitrogens with two attached hydrogens (primary N) is 2. The third-order valence-electron chi connectivity index (χ3n) is 7.51. The fraction of sp³-hybridized carbons (Fsp3) is 0.524. The van der Waals surface area contributed by atoms with Crippen LogP contribution in [-0.2, 0) is 36.7 Å². The van der Waals surface area contributed by atoms with Crippen molar-refractivity contribution in [3.05, 3.63) is 25.3 Å². The highest BCUT2D eigenvalue weighted by atomic mass is 31.2. The summed E-state index contributed by atoms with van der Waals surface area (Å²) in [6.45, 7) is -1.29. The van der Waals surface area contributed by atoms with Crippen LogP contribution in [0.2, 0.25) is 0 Å². The lowest BCUT2D eigenvalue weighted by Gasteiger charge is -2.24. The molecule has 10 atom stereocenters. The second kappa shape index (κ2) is 11.2. The summed E-state index contributed by atoms with van der Waals surface area (Å²) in [6, 6.07) is 0. The minimum Gasteiger partial charge on any atom is -0.386 e. The Kier molecular flexibility index (Phi) is 7.59. The monoisotopic (exact) mass is 672 g/mol. The van der Waals surface area contributed by atoms with Crippen molar-refractivity contribution in [2.24, 2.45) is 0 Å². The highest BCUT2D eigenvalue weighted by Gasteiger charge is 2.53. The zero-order valence-electron chi connectivity index (χ0n) is 22.7. The third-order valence-corrected chi connectivity index (χ3v) is 9.51. The average molecular weight is 672 g/mol. The minimum absolute atomic E-state index is 0.0530. The number of aliphatic hydroxyl groups is 2. The van der Waals surface area contributed by atoms with E-state index in [0.717, 1.165) is 6.33 Å². The van der Waals surface area contributed by atoms with Crippen LogP contribution in [0.25, 0.3) is 22.3 Å². The van der Waals surface area contributed by atoms with Gasteiger partial charge in [0.2, 0.25) is 0 Å². The molecule has 3 saturated heterocycles. The molecule has 8 N–H and O–H groups in total. The van der Waals surface area contributed by atoms with Gasteiger partial charge in [0, 0.05) is 6.42 Å². The zero-order valence-corrected chi connectivity index (χ0v) is 24.5. The Morgan fingerprint density at radius 2 is 1.22 bits per heavy atom. The van der Waals surface area contributed by atoms with Gasteiger partial charge in [-0.15, -0.1) is 0 Å². The molecule has 7 heterocycles. The number of aromatic nitrogens is 8. The fourth-order valence-electron chi connectivity index (χ4n) is 5.46. The molecule has 3 aliphatic heterocycles. The van der Waals surface area contributed by atoms with Crippen LogP contribution in [0.5, 0.6) is 0 Å². The number of nitrogens with zero attached hydrogens (tertiary/aromatic N) is 8. The van der Waals surface area contributed by atoms with Crippen LogP contribution in [0, 0.1) is 0 Å². The van der Waals surface area contributed by atoms with E-state index in [2.05, 4.69) is 29.9 Å². The van der Waals surface area contributed by atoms with E-state index in [-0.39, 0.29) is 40.4 Å². The summed E-state index contributed by atoms with van der Waals surface area (Å²) in [5, 5.41) is 22.3. The maximum atomic E-state index is 13.2. The van der Waals surface area contributed by atoms with Gasteiger partial charge >= 0.3 is 15.6 Å². The normalized spacial score (nSPS) is 38.0. The van der Waals surface area contributed by atoms with Gasteiger partial charge in [-0.3, -0.25) is 27.2 Å². The van der Waals surface area contributed by atoms with Crippen LogP contribution in [0.15, 0.2) is 25.3 Å². The summed E-state index contributed by atoms with van der Waals surface area (Å²) in [4.78, 5) is 45.4. The Morgan fingerprint density at radius 1 is 0.733 bits per heavy atom. The molecule has 4 aromatic heterocycles. The SMILES string of the molecule is Nc1ncnc2c1ncn2[C@@H]1O[C@@H]2CCOP(=O)(O)O[C@H]3[C@@H](O)[C@H](n4cnc5c(N)ncnc54)O[C@@H]3COP(=O)(O)O[C@H]2[C@H]1O. The molecule has 0 saturated carbocycles. The van der Waals surface area contributed by atoms with Crippen LogP contribution in [0.4, 0.5) is 11.6 Å². The van der Waals surface area contributed by atoms with Crippen LogP contribution < -0.4 is 11.5 Å². The van der Waals surface area contributed by atoms with Crippen molar-refractivity contribution in [2.75, 3.05) is 24.7 Å². The Balaban J connectivity index is 1.16. The van der Waals surface area contributed by atoms with E-state index in [4.69, 9.17) is 39.0 Å². The Hall–Kier alpha value is -3.24. The van der Waals surface area contributed by atoms with E-state index in [9.17, 15) is 29.1 Å². The molecule has 0 aromatic carbocycles. The number of phosphoric ester groups is 2. The topological polar surface area (TPSA) is 310 Å². The van der Waals surface area contributed by atoms with Gasteiger partial charge < -0.3 is 40.9 Å². The van der Waals surface area contributed by atoms with Gasteiger partial charge in [-0.2, -0.15) is 0 Å². The van der Waals surface area contributed by atoms with Crippen LogP contribution >= 0.6 is 15.6 Å². The molecular formula is C21H26N10O12P2. The number of rotatable bonds is 2. The molecule has 0 amide bonds. The number of hydrogen-bond donors (Lipinski definition) is 6. The summed E-state index contributed by atoms with van der Waals surface area (Å²) >= 11 is 0. The number of ether oxygens (including phenoxy) is 2. The third kappa shape index (κ3) is 5.47. The Morgan fingerprint density at radius 3 is 1.78 bits per heavy atom. The molecule has 0 radical (unpaired) electrons. The number of fused-ring (bicyclic) bond motifs is 4. The average Bonchev–Trinajstić information content (AvgIpc) is 3.74. The maximum absolute atomic E-state index is 13.2. The summed E-state index contributed by atoms with van der Waals surface area (Å²) in [7, 11) is -9.91. The van der Waals surface area contributed by atoms with Crippen molar-refractivity contribution in [2.45, 2.75) is 55.5 Å². The summed E-state index contributed by atoms with van der Waals surface area (Å²) < 4.78 is 61.5. The number of aliphatic hydroxyl groups excluding tert-OH is 2. The molecule has 3 fully saturated rings. The largest absolute Gasteiger partial charge is 0.472 e. The number of anilines is 2. The lowest BCUT2D eigenvalue weighted by Crippen LogP contribution is -2.36. The van der Waals surface area contributed by atoms with Gasteiger partial charge in [0.15, 0.2) is 35.4 Å². The van der Waals surface area contributed by atoms with Gasteiger partial charge in [0.05, 0.1) is 32.0 Å². The van der Waals surface area contributed by atoms with Gasteiger partial charge in [-0.05, 0) is 0 Å². The lowest BCUT2D eigenvalue weighted by molar-refractivity contribution is -0.0548. The molecule has 2 unspecified atom stereocenters. The van der Waals surface area contributed by atoms with E-state index in [1.165, 1.54) is 28.1 Å². The molecule has 22 nitrogen and oxygen atoms in total. The number of phosphoric acid groups is 2. The van der Waals surface area contributed by atoms with E-state index in [0.29, 0.717) is 0 Å². The van der Waals surface area contributed by atoms with Gasteiger partial charge in [0.1, 0.15) is 54.2 Å². The van der Waals surface area contributed by atoms with Crippen molar-refractivity contribution in [1.82, 2.24) is 39.0 Å². The molecule has 0 aliphatic carbocycles. The fourth-order valence-corrected chi connectivity index (χ4v) is 7.39. The molecule has 4 aromatic rings. The van der Waals surface area contributed by atoms with Crippen molar-refractivity contribution < 1.29 is 56.7 Å². The quantitative estimate of drug-likeness (QED) is 0.136. The Bertz CT molecular complexity index is 1840. The first-order chi connectivity index (χ1) is 21.4. The molecular weight excluding hydrogens is 646 g/mol. The van der Waals surface area contributed by atoms with Crippen molar-refractivity contribution in [3.8, 4) is 0 Å². The van der Waals surface area contributed by atoms with E-state index in [1.54, 1.807) is 0 Å². The summed E-state index contributed by atoms with van der Waals surface area (Å²) in [5.41, 5.74) is 12.5. The highest BCUT2D eigenvalue weighted by molar-refractivity contribution is 7.47. The van der Waals surface area contributed by atoms with Crippen LogP contribution in [0.1, 0.15) is 18.9 Å². The Labute approximate surface area is 251 Å². The predicted octanol–water partition coefficient (Wildman–Crippen LogP) is -1.24. The van der Waals surface area contributed by atoms with E-state index >= 15 is 0 Å². The van der Waals surface area contributed by atoms with Crippen molar-refractivity contribution in [1.29, 1.82) is 0 Å². The number of imidazole rings is 2. The standard InChI is InChI=1S/C21H26N10O12P2/c22-16-10-18(26-4-24-16)30(6-28-10)20-12(32)14-8(40-20)1-2-38-44(34,35)43-15-9(3-39-45(36,37)42-14)41-21(13(15)33)31-7-29-11-17(23)25-5-27-19(11)31/h4-9,12-15,20-21,32-33H,1-3H2,(H,34,35)(H,36,37)(H2,22,24,26)(H2,23,25,27)/t8-,9-,12-,13-,14-,15-,20-,21-/m1/s1.